The van der Waals surface area contributed by atoms with Gasteiger partial charge in [0.05, 0.1) is 18.8 Å². The Morgan fingerprint density at radius 1 is 1.09 bits per heavy atom. The number of amides is 1. The van der Waals surface area contributed by atoms with Gasteiger partial charge in [0.1, 0.15) is 23.9 Å². The number of tetrazole rings is 1. The maximum atomic E-state index is 12.6. The van der Waals surface area contributed by atoms with Crippen LogP contribution in [0.3, 0.4) is 0 Å². The molecule has 0 radical (unpaired) electrons. The van der Waals surface area contributed by atoms with Gasteiger partial charge in [0.2, 0.25) is 5.82 Å². The molecule has 4 aromatic rings. The van der Waals surface area contributed by atoms with E-state index in [9.17, 15) is 29.7 Å². The Balaban J connectivity index is 1.21. The van der Waals surface area contributed by atoms with Crippen molar-refractivity contribution in [3.63, 3.8) is 0 Å². The average Bonchev–Trinajstić information content (AvgIpc) is 3.61. The summed E-state index contributed by atoms with van der Waals surface area (Å²) < 4.78 is 6.22. The number of aromatic amines is 1. The van der Waals surface area contributed by atoms with Crippen molar-refractivity contribution in [2.24, 2.45) is 0 Å². The smallest absolute Gasteiger partial charge is 0.330 e. The zero-order chi connectivity index (χ0) is 30.7. The summed E-state index contributed by atoms with van der Waals surface area (Å²) in [7, 11) is 3.90. The minimum atomic E-state index is -1.52. The van der Waals surface area contributed by atoms with Gasteiger partial charge < -0.3 is 30.3 Å². The van der Waals surface area contributed by atoms with E-state index in [0.29, 0.717) is 17.0 Å². The molecule has 0 bridgehead atoms. The number of benzene rings is 2. The molecular weight excluding hydrogens is 560 g/mol. The zero-order valence-corrected chi connectivity index (χ0v) is 23.1. The van der Waals surface area contributed by atoms with E-state index >= 15 is 0 Å². The maximum absolute atomic E-state index is 12.6. The van der Waals surface area contributed by atoms with Crippen molar-refractivity contribution < 1.29 is 24.9 Å². The number of ether oxygens (including phenoxy) is 1. The summed E-state index contributed by atoms with van der Waals surface area (Å²) in [6.07, 6.45) is -4.30. The standard InChI is InChI=1S/C28H28N8O7/c1-34(2)19-9-11-20(12-10-19)36-32-24(31-33-36)16-5-7-17(8-6-16)25(40)29-13-3-4-18-14-35(28(42)30-26(18)41)27-23(39)22(38)21(15-37)43-27/h5-12,14,21-23,27,37-39H,13,15H2,1-2H3,(H,29,40)(H,30,41,42)/t21-,22-,23-,27-/m1/s1. The number of nitrogens with one attached hydrogen (secondary N) is 2. The van der Waals surface area contributed by atoms with Crippen LogP contribution in [0.5, 0.6) is 0 Å². The number of hydrogen-bond donors (Lipinski definition) is 5. The summed E-state index contributed by atoms with van der Waals surface area (Å²) in [6.45, 7) is -0.692. The Kier molecular flexibility index (Phi) is 8.46. The van der Waals surface area contributed by atoms with Crippen LogP contribution < -0.4 is 21.5 Å². The molecular formula is C28H28N8O7. The summed E-state index contributed by atoms with van der Waals surface area (Å²) in [6, 6.07) is 14.3. The van der Waals surface area contributed by atoms with Gasteiger partial charge in [0.15, 0.2) is 6.23 Å². The number of aliphatic hydroxyl groups excluding tert-OH is 3. The minimum Gasteiger partial charge on any atom is -0.394 e. The molecule has 1 aliphatic rings. The topological polar surface area (TPSA) is 201 Å². The Morgan fingerprint density at radius 2 is 1.81 bits per heavy atom. The SMILES string of the molecule is CN(C)c1ccc(-n2nnc(-c3ccc(C(=O)NCC#Cc4cn([C@@H]5O[C@H](CO)[C@@H](O)[C@H]5O)c(=O)[nH]c4=O)cc3)n2)cc1. The zero-order valence-electron chi connectivity index (χ0n) is 23.1. The van der Waals surface area contributed by atoms with Gasteiger partial charge in [-0.25, -0.2) is 4.79 Å². The Hall–Kier alpha value is -5.14. The van der Waals surface area contributed by atoms with Crippen LogP contribution in [-0.2, 0) is 4.74 Å². The number of H-pyrrole nitrogens is 1. The highest BCUT2D eigenvalue weighted by atomic mass is 16.6. The van der Waals surface area contributed by atoms with Crippen molar-refractivity contribution in [3.8, 4) is 28.9 Å². The van der Waals surface area contributed by atoms with Crippen molar-refractivity contribution in [2.75, 3.05) is 32.1 Å². The predicted molar refractivity (Wildman–Crippen MR) is 152 cm³/mol. The van der Waals surface area contributed by atoms with Crippen LogP contribution in [0.25, 0.3) is 17.1 Å². The summed E-state index contributed by atoms with van der Waals surface area (Å²) in [5, 5.41) is 44.7. The first-order chi connectivity index (χ1) is 20.7. The van der Waals surface area contributed by atoms with Gasteiger partial charge in [-0.2, -0.15) is 0 Å². The highest BCUT2D eigenvalue weighted by Gasteiger charge is 2.43. The molecule has 1 fully saturated rings. The highest BCUT2D eigenvalue weighted by molar-refractivity contribution is 5.94. The Bertz CT molecular complexity index is 1780. The number of nitrogens with zero attached hydrogens (tertiary/aromatic N) is 6. The van der Waals surface area contributed by atoms with E-state index in [0.717, 1.165) is 22.1 Å². The van der Waals surface area contributed by atoms with Crippen LogP contribution in [0.1, 0.15) is 22.1 Å². The van der Waals surface area contributed by atoms with Gasteiger partial charge in [-0.05, 0) is 41.6 Å². The number of rotatable bonds is 7. The molecule has 43 heavy (non-hydrogen) atoms. The van der Waals surface area contributed by atoms with Crippen molar-refractivity contribution in [3.05, 3.63) is 86.7 Å². The number of carbonyl (C=O) groups is 1. The fraction of sp³-hybridized carbons (Fsp3) is 0.286. The minimum absolute atomic E-state index is 0.116. The number of anilines is 1. The number of carbonyl (C=O) groups excluding carboxylic acids is 1. The third-order valence-electron chi connectivity index (χ3n) is 6.74. The summed E-state index contributed by atoms with van der Waals surface area (Å²) in [5.74, 6) is 5.19. The molecule has 0 spiro atoms. The molecule has 2 aromatic carbocycles. The monoisotopic (exact) mass is 588 g/mol. The van der Waals surface area contributed by atoms with Crippen LogP contribution in [-0.4, -0.2) is 96.5 Å². The van der Waals surface area contributed by atoms with Gasteiger partial charge in [-0.3, -0.25) is 19.1 Å². The molecule has 2 aromatic heterocycles. The van der Waals surface area contributed by atoms with E-state index in [4.69, 9.17) is 4.74 Å². The largest absolute Gasteiger partial charge is 0.394 e. The molecule has 3 heterocycles. The van der Waals surface area contributed by atoms with Crippen molar-refractivity contribution in [1.29, 1.82) is 0 Å². The van der Waals surface area contributed by atoms with E-state index < -0.39 is 48.3 Å². The highest BCUT2D eigenvalue weighted by Crippen LogP contribution is 2.28. The van der Waals surface area contributed by atoms with Gasteiger partial charge >= 0.3 is 5.69 Å². The van der Waals surface area contributed by atoms with Gasteiger partial charge in [-0.15, -0.1) is 15.0 Å². The fourth-order valence-corrected chi connectivity index (χ4v) is 4.33. The molecule has 15 heteroatoms. The lowest BCUT2D eigenvalue weighted by Gasteiger charge is -2.17. The molecule has 1 amide bonds. The normalized spacial score (nSPS) is 19.5. The number of hydrogen-bond acceptors (Lipinski definition) is 11. The predicted octanol–water partition coefficient (Wildman–Crippen LogP) is -1.36. The lowest BCUT2D eigenvalue weighted by molar-refractivity contribution is -0.0550. The van der Waals surface area contributed by atoms with Crippen LogP contribution >= 0.6 is 0 Å². The summed E-state index contributed by atoms with van der Waals surface area (Å²) in [5.41, 5.74) is 1.00. The van der Waals surface area contributed by atoms with E-state index in [-0.39, 0.29) is 12.1 Å². The second-order valence-electron chi connectivity index (χ2n) is 9.81. The molecule has 0 aliphatic carbocycles. The molecule has 1 aliphatic heterocycles. The van der Waals surface area contributed by atoms with Crippen LogP contribution in [0.15, 0.2) is 64.3 Å². The fourth-order valence-electron chi connectivity index (χ4n) is 4.33. The van der Waals surface area contributed by atoms with Crippen molar-refractivity contribution >= 4 is 11.6 Å². The van der Waals surface area contributed by atoms with Crippen LogP contribution in [0.2, 0.25) is 0 Å². The molecule has 1 saturated heterocycles. The lowest BCUT2D eigenvalue weighted by atomic mass is 10.1. The molecule has 4 atom stereocenters. The molecule has 5 rings (SSSR count). The Morgan fingerprint density at radius 3 is 2.47 bits per heavy atom. The third kappa shape index (κ3) is 6.22. The molecule has 0 saturated carbocycles. The Labute approximate surface area is 244 Å². The number of aromatic nitrogens is 6. The van der Waals surface area contributed by atoms with Gasteiger partial charge in [0.25, 0.3) is 11.5 Å². The van der Waals surface area contributed by atoms with E-state index in [1.165, 1.54) is 4.80 Å². The van der Waals surface area contributed by atoms with Gasteiger partial charge in [0, 0.05) is 37.1 Å². The number of aliphatic hydroxyl groups is 3. The lowest BCUT2D eigenvalue weighted by Crippen LogP contribution is -2.38. The van der Waals surface area contributed by atoms with E-state index in [2.05, 4.69) is 37.6 Å². The van der Waals surface area contributed by atoms with Crippen LogP contribution in [0.4, 0.5) is 5.69 Å². The second-order valence-corrected chi connectivity index (χ2v) is 9.81. The quantitative estimate of drug-likeness (QED) is 0.160. The molecule has 0 unspecified atom stereocenters. The molecule has 222 valence electrons. The van der Waals surface area contributed by atoms with Crippen LogP contribution in [0, 0.1) is 11.8 Å². The van der Waals surface area contributed by atoms with Crippen molar-refractivity contribution in [1.82, 2.24) is 35.1 Å². The van der Waals surface area contributed by atoms with E-state index in [1.54, 1.807) is 24.3 Å². The first-order valence-electron chi connectivity index (χ1n) is 13.1. The first kappa shape index (κ1) is 29.4. The first-order valence-corrected chi connectivity index (χ1v) is 13.1. The second kappa shape index (κ2) is 12.4. The maximum Gasteiger partial charge on any atom is 0.330 e. The molecule has 15 nitrogen and oxygen atoms in total. The van der Waals surface area contributed by atoms with E-state index in [1.807, 2.05) is 43.3 Å². The van der Waals surface area contributed by atoms with Crippen molar-refractivity contribution in [2.45, 2.75) is 24.5 Å². The summed E-state index contributed by atoms with van der Waals surface area (Å²) >= 11 is 0. The summed E-state index contributed by atoms with van der Waals surface area (Å²) in [4.78, 5) is 42.6. The van der Waals surface area contributed by atoms with Gasteiger partial charge in [-0.1, -0.05) is 24.0 Å². The molecule has 5 N–H and O–H groups in total. The average molecular weight is 589 g/mol. The third-order valence-corrected chi connectivity index (χ3v) is 6.74.